The molecule has 2 amide bonds. The number of amides is 2. The Balaban J connectivity index is 1.15. The molecule has 2 saturated carbocycles. The van der Waals surface area contributed by atoms with Crippen LogP contribution in [-0.4, -0.2) is 41.8 Å². The first-order chi connectivity index (χ1) is 16.9. The number of carboxylic acids is 1. The topological polar surface area (TPSA) is 105 Å². The second-order valence-corrected chi connectivity index (χ2v) is 10.2. The zero-order valence-corrected chi connectivity index (χ0v) is 20.0. The first-order valence-corrected chi connectivity index (χ1v) is 12.6. The first kappa shape index (κ1) is 23.4. The van der Waals surface area contributed by atoms with Crippen LogP contribution in [0, 0.1) is 11.3 Å². The lowest BCUT2D eigenvalue weighted by molar-refractivity contribution is -0.143. The lowest BCUT2D eigenvalue weighted by Gasteiger charge is -2.21. The molecule has 0 heterocycles. The Morgan fingerprint density at radius 2 is 1.71 bits per heavy atom. The molecule has 2 fully saturated rings. The zero-order chi connectivity index (χ0) is 24.6. The van der Waals surface area contributed by atoms with Crippen LogP contribution in [0.15, 0.2) is 48.5 Å². The quantitative estimate of drug-likeness (QED) is 0.496. The number of aliphatic carboxylic acids is 1. The van der Waals surface area contributed by atoms with Gasteiger partial charge in [0.25, 0.3) is 0 Å². The molecule has 0 spiro atoms. The van der Waals surface area contributed by atoms with Gasteiger partial charge in [-0.1, -0.05) is 68.3 Å². The highest BCUT2D eigenvalue weighted by molar-refractivity contribution is 5.90. The van der Waals surface area contributed by atoms with E-state index in [-0.39, 0.29) is 30.4 Å². The van der Waals surface area contributed by atoms with Crippen LogP contribution in [0.1, 0.15) is 62.5 Å². The molecular formula is C28H32N2O5. The summed E-state index contributed by atoms with van der Waals surface area (Å²) in [4.78, 5) is 37.1. The summed E-state index contributed by atoms with van der Waals surface area (Å²) in [6.45, 7) is 2.24. The van der Waals surface area contributed by atoms with Crippen LogP contribution in [0.3, 0.4) is 0 Å². The number of ether oxygens (including phenoxy) is 1. The minimum absolute atomic E-state index is 0.00155. The van der Waals surface area contributed by atoms with E-state index < -0.39 is 23.5 Å². The van der Waals surface area contributed by atoms with Gasteiger partial charge >= 0.3 is 12.1 Å². The Bertz CT molecular complexity index is 1100. The molecule has 184 valence electrons. The molecule has 3 aliphatic carbocycles. The minimum Gasteiger partial charge on any atom is -0.480 e. The van der Waals surface area contributed by atoms with E-state index in [1.54, 1.807) is 0 Å². The van der Waals surface area contributed by atoms with Crippen LogP contribution in [0.5, 0.6) is 0 Å². The van der Waals surface area contributed by atoms with E-state index in [9.17, 15) is 19.5 Å². The third-order valence-corrected chi connectivity index (χ3v) is 7.98. The molecule has 0 aliphatic heterocycles. The van der Waals surface area contributed by atoms with Gasteiger partial charge in [-0.05, 0) is 53.9 Å². The Labute approximate surface area is 205 Å². The van der Waals surface area contributed by atoms with Gasteiger partial charge in [-0.25, -0.2) is 9.59 Å². The average molecular weight is 477 g/mol. The van der Waals surface area contributed by atoms with E-state index in [4.69, 9.17) is 4.74 Å². The van der Waals surface area contributed by atoms with Crippen molar-refractivity contribution < 1.29 is 24.2 Å². The van der Waals surface area contributed by atoms with Crippen LogP contribution in [0.2, 0.25) is 0 Å². The number of unbranched alkanes of at least 4 members (excludes halogenated alkanes) is 1. The van der Waals surface area contributed by atoms with Gasteiger partial charge in [-0.15, -0.1) is 0 Å². The fourth-order valence-corrected chi connectivity index (χ4v) is 6.06. The molecule has 0 unspecified atom stereocenters. The predicted molar refractivity (Wildman–Crippen MR) is 131 cm³/mol. The van der Waals surface area contributed by atoms with E-state index in [2.05, 4.69) is 34.9 Å². The van der Waals surface area contributed by atoms with Crippen LogP contribution < -0.4 is 10.6 Å². The van der Waals surface area contributed by atoms with Gasteiger partial charge in [0.15, 0.2) is 0 Å². The summed E-state index contributed by atoms with van der Waals surface area (Å²) in [5.41, 5.74) is 4.13. The van der Waals surface area contributed by atoms with Crippen molar-refractivity contribution in [2.45, 2.75) is 63.5 Å². The molecular weight excluding hydrogens is 444 g/mol. The SMILES string of the molecule is CCCC[C@H](NC(=O)[C@]12C[C@H](NC(=O)OCC3c4ccccc4-c4ccccc43)C[C@H]1C2)C(=O)O. The summed E-state index contributed by atoms with van der Waals surface area (Å²) in [5.74, 6) is -1.00. The normalized spacial score (nSPS) is 24.6. The fraction of sp³-hybridized carbons (Fsp3) is 0.464. The highest BCUT2D eigenvalue weighted by Crippen LogP contribution is 2.63. The third-order valence-electron chi connectivity index (χ3n) is 7.98. The number of fused-ring (bicyclic) bond motifs is 4. The van der Waals surface area contributed by atoms with Crippen LogP contribution in [0.25, 0.3) is 11.1 Å². The molecule has 5 rings (SSSR count). The van der Waals surface area contributed by atoms with Crippen molar-refractivity contribution in [1.82, 2.24) is 10.6 Å². The number of benzene rings is 2. The summed E-state index contributed by atoms with van der Waals surface area (Å²) in [6.07, 6.45) is 3.57. The predicted octanol–water partition coefficient (Wildman–Crippen LogP) is 4.45. The summed E-state index contributed by atoms with van der Waals surface area (Å²) >= 11 is 0. The molecule has 4 atom stereocenters. The van der Waals surface area contributed by atoms with E-state index in [1.807, 2.05) is 31.2 Å². The number of hydrogen-bond acceptors (Lipinski definition) is 4. The van der Waals surface area contributed by atoms with Gasteiger partial charge in [0.1, 0.15) is 12.6 Å². The van der Waals surface area contributed by atoms with Crippen molar-refractivity contribution in [1.29, 1.82) is 0 Å². The highest BCUT2D eigenvalue weighted by Gasteiger charge is 2.65. The van der Waals surface area contributed by atoms with Crippen molar-refractivity contribution in [3.63, 3.8) is 0 Å². The monoisotopic (exact) mass is 476 g/mol. The molecule has 0 bridgehead atoms. The van der Waals surface area contributed by atoms with Gasteiger partial charge < -0.3 is 20.5 Å². The maximum absolute atomic E-state index is 12.9. The van der Waals surface area contributed by atoms with E-state index in [0.717, 1.165) is 30.4 Å². The maximum atomic E-state index is 12.9. The number of carbonyl (C=O) groups is 3. The lowest BCUT2D eigenvalue weighted by Crippen LogP contribution is -2.45. The molecule has 7 heteroatoms. The van der Waals surface area contributed by atoms with Gasteiger partial charge in [0.2, 0.25) is 5.91 Å². The number of carbonyl (C=O) groups excluding carboxylic acids is 2. The standard InChI is InChI=1S/C28H32N2O5/c1-2-3-12-24(25(31)32)30-26(33)28-14-17(28)13-18(15-28)29-27(34)35-16-23-21-10-6-4-8-19(21)20-9-5-7-11-22(20)23/h4-11,17-18,23-24H,2-3,12-16H2,1H3,(H,29,34)(H,30,33)(H,31,32)/t17-,18+,24-,28+/m0/s1. The first-order valence-electron chi connectivity index (χ1n) is 12.6. The van der Waals surface area contributed by atoms with Crippen molar-refractivity contribution in [3.05, 3.63) is 59.7 Å². The van der Waals surface area contributed by atoms with Crippen molar-refractivity contribution in [2.75, 3.05) is 6.61 Å². The van der Waals surface area contributed by atoms with Crippen LogP contribution in [0.4, 0.5) is 4.79 Å². The van der Waals surface area contributed by atoms with Crippen LogP contribution >= 0.6 is 0 Å². The van der Waals surface area contributed by atoms with Gasteiger partial charge in [-0.3, -0.25) is 4.79 Å². The Morgan fingerprint density at radius 3 is 2.34 bits per heavy atom. The van der Waals surface area contributed by atoms with Crippen molar-refractivity contribution >= 4 is 18.0 Å². The Hall–Kier alpha value is -3.35. The number of alkyl carbamates (subject to hydrolysis) is 1. The van der Waals surface area contributed by atoms with E-state index in [1.165, 1.54) is 11.1 Å². The van der Waals surface area contributed by atoms with E-state index in [0.29, 0.717) is 19.3 Å². The zero-order valence-electron chi connectivity index (χ0n) is 20.0. The third kappa shape index (κ3) is 4.40. The number of carboxylic acid groups (broad SMARTS) is 1. The smallest absolute Gasteiger partial charge is 0.407 e. The van der Waals surface area contributed by atoms with Gasteiger partial charge in [-0.2, -0.15) is 0 Å². The Morgan fingerprint density at radius 1 is 1.06 bits per heavy atom. The van der Waals surface area contributed by atoms with Gasteiger partial charge in [0, 0.05) is 12.0 Å². The largest absolute Gasteiger partial charge is 0.480 e. The lowest BCUT2D eigenvalue weighted by atomic mass is 9.98. The summed E-state index contributed by atoms with van der Waals surface area (Å²) < 4.78 is 5.66. The summed E-state index contributed by atoms with van der Waals surface area (Å²) in [6, 6.07) is 15.4. The highest BCUT2D eigenvalue weighted by atomic mass is 16.5. The molecule has 3 N–H and O–H groups in total. The van der Waals surface area contributed by atoms with Crippen molar-refractivity contribution in [2.24, 2.45) is 11.3 Å². The minimum atomic E-state index is -0.994. The average Bonchev–Trinajstić information content (AvgIpc) is 3.28. The second-order valence-electron chi connectivity index (χ2n) is 10.2. The number of nitrogens with one attached hydrogen (secondary N) is 2. The molecule has 2 aromatic rings. The van der Waals surface area contributed by atoms with Gasteiger partial charge in [0.05, 0.1) is 5.41 Å². The second kappa shape index (κ2) is 9.36. The van der Waals surface area contributed by atoms with E-state index >= 15 is 0 Å². The molecule has 7 nitrogen and oxygen atoms in total. The van der Waals surface area contributed by atoms with Crippen LogP contribution in [-0.2, 0) is 14.3 Å². The molecule has 0 aromatic heterocycles. The molecule has 2 aromatic carbocycles. The fourth-order valence-electron chi connectivity index (χ4n) is 6.06. The molecule has 0 radical (unpaired) electrons. The molecule has 3 aliphatic rings. The molecule has 0 saturated heterocycles. The summed E-state index contributed by atoms with van der Waals surface area (Å²) in [5, 5.41) is 15.1. The maximum Gasteiger partial charge on any atom is 0.407 e. The Kier molecular flexibility index (Phi) is 6.26. The molecule has 35 heavy (non-hydrogen) atoms. The number of rotatable bonds is 9. The van der Waals surface area contributed by atoms with Crippen molar-refractivity contribution in [3.8, 4) is 11.1 Å². The summed E-state index contributed by atoms with van der Waals surface area (Å²) in [7, 11) is 0. The number of hydrogen-bond donors (Lipinski definition) is 3.